The summed E-state index contributed by atoms with van der Waals surface area (Å²) in [5.74, 6) is -2.83. The van der Waals surface area contributed by atoms with E-state index in [-0.39, 0.29) is 6.42 Å². The van der Waals surface area contributed by atoms with Gasteiger partial charge in [0.15, 0.2) is 0 Å². The zero-order valence-corrected chi connectivity index (χ0v) is 13.4. The quantitative estimate of drug-likeness (QED) is 0.386. The monoisotopic (exact) mass is 338 g/mol. The number of hydrazine groups is 1. The Kier molecular flexibility index (Phi) is 6.62. The van der Waals surface area contributed by atoms with E-state index in [1.165, 1.54) is 6.08 Å². The molecule has 0 spiro atoms. The molecule has 0 radical (unpaired) electrons. The molecule has 25 heavy (non-hydrogen) atoms. The highest BCUT2D eigenvalue weighted by Gasteiger charge is 2.19. The number of aliphatic carboxylic acids is 1. The van der Waals surface area contributed by atoms with Gasteiger partial charge < -0.3 is 5.11 Å². The number of carbonyl (C=O) groups excluding carboxylic acids is 2. The number of nitrogens with one attached hydrogen (secondary N) is 2. The molecule has 2 aromatic carbocycles. The van der Waals surface area contributed by atoms with E-state index in [9.17, 15) is 19.5 Å². The van der Waals surface area contributed by atoms with Crippen LogP contribution in [0.2, 0.25) is 0 Å². The van der Waals surface area contributed by atoms with E-state index in [0.29, 0.717) is 0 Å². The molecular formula is C19H18N2O4. The Balaban J connectivity index is 1.89. The SMILES string of the molecule is O=C(C=Cc1ccccc1)C(=O)NNC(Cc1ccccc1)C(=O)O. The summed E-state index contributed by atoms with van der Waals surface area (Å²) in [6, 6.07) is 17.0. The van der Waals surface area contributed by atoms with Gasteiger partial charge in [-0.2, -0.15) is 0 Å². The van der Waals surface area contributed by atoms with Crippen molar-refractivity contribution in [3.05, 3.63) is 77.9 Å². The molecular weight excluding hydrogens is 320 g/mol. The number of carbonyl (C=O) groups is 3. The molecule has 6 nitrogen and oxygen atoms in total. The molecule has 3 N–H and O–H groups in total. The first kappa shape index (κ1) is 18.1. The van der Waals surface area contributed by atoms with Crippen molar-refractivity contribution in [1.82, 2.24) is 10.9 Å². The maximum absolute atomic E-state index is 11.8. The van der Waals surface area contributed by atoms with Crippen LogP contribution in [0.4, 0.5) is 0 Å². The van der Waals surface area contributed by atoms with Crippen molar-refractivity contribution in [1.29, 1.82) is 0 Å². The van der Waals surface area contributed by atoms with Crippen LogP contribution in [0.15, 0.2) is 66.7 Å². The first-order chi connectivity index (χ1) is 12.1. The van der Waals surface area contributed by atoms with Crippen molar-refractivity contribution in [2.75, 3.05) is 0 Å². The van der Waals surface area contributed by atoms with Gasteiger partial charge in [-0.05, 0) is 17.2 Å². The third kappa shape index (κ3) is 6.04. The first-order valence-corrected chi connectivity index (χ1v) is 7.66. The van der Waals surface area contributed by atoms with Gasteiger partial charge >= 0.3 is 11.9 Å². The van der Waals surface area contributed by atoms with Gasteiger partial charge in [-0.3, -0.25) is 19.8 Å². The summed E-state index contributed by atoms with van der Waals surface area (Å²) in [6.45, 7) is 0. The van der Waals surface area contributed by atoms with Gasteiger partial charge in [-0.15, -0.1) is 0 Å². The number of hydrogen-bond acceptors (Lipinski definition) is 4. The number of amides is 1. The van der Waals surface area contributed by atoms with Gasteiger partial charge in [0.1, 0.15) is 6.04 Å². The van der Waals surface area contributed by atoms with Crippen molar-refractivity contribution in [2.24, 2.45) is 0 Å². The smallest absolute Gasteiger partial charge is 0.322 e. The predicted octanol–water partition coefficient (Wildman–Crippen LogP) is 1.59. The molecule has 0 aliphatic carbocycles. The summed E-state index contributed by atoms with van der Waals surface area (Å²) >= 11 is 0. The molecule has 2 rings (SSSR count). The average Bonchev–Trinajstić information content (AvgIpc) is 2.64. The number of ketones is 1. The number of carboxylic acid groups (broad SMARTS) is 1. The Labute approximate surface area is 145 Å². The molecule has 2 aromatic rings. The average molecular weight is 338 g/mol. The molecule has 0 fully saturated rings. The maximum atomic E-state index is 11.8. The van der Waals surface area contributed by atoms with Crippen LogP contribution < -0.4 is 10.9 Å². The van der Waals surface area contributed by atoms with Crippen molar-refractivity contribution in [2.45, 2.75) is 12.5 Å². The standard InChI is InChI=1S/C19H18N2O4/c22-17(12-11-14-7-3-1-4-8-14)18(23)21-20-16(19(24)25)13-15-9-5-2-6-10-15/h1-12,16,20H,13H2,(H,21,23)(H,24,25). The van der Waals surface area contributed by atoms with Gasteiger partial charge in [0.25, 0.3) is 0 Å². The summed E-state index contributed by atoms with van der Waals surface area (Å²) in [7, 11) is 0. The number of benzene rings is 2. The van der Waals surface area contributed by atoms with Crippen LogP contribution in [-0.2, 0) is 20.8 Å². The Morgan fingerprint density at radius 3 is 2.16 bits per heavy atom. The highest BCUT2D eigenvalue weighted by molar-refractivity contribution is 6.41. The summed E-state index contributed by atoms with van der Waals surface area (Å²) < 4.78 is 0. The minimum absolute atomic E-state index is 0.171. The van der Waals surface area contributed by atoms with Crippen molar-refractivity contribution >= 4 is 23.7 Å². The molecule has 1 amide bonds. The largest absolute Gasteiger partial charge is 0.480 e. The lowest BCUT2D eigenvalue weighted by atomic mass is 10.1. The minimum atomic E-state index is -1.13. The molecule has 0 bridgehead atoms. The van der Waals surface area contributed by atoms with Gasteiger partial charge in [-0.25, -0.2) is 5.43 Å². The van der Waals surface area contributed by atoms with E-state index < -0.39 is 23.7 Å². The van der Waals surface area contributed by atoms with Crippen LogP contribution in [0, 0.1) is 0 Å². The first-order valence-electron chi connectivity index (χ1n) is 7.66. The van der Waals surface area contributed by atoms with E-state index in [0.717, 1.165) is 17.2 Å². The Morgan fingerprint density at radius 1 is 0.960 bits per heavy atom. The normalized spacial score (nSPS) is 11.8. The zero-order valence-electron chi connectivity index (χ0n) is 13.4. The van der Waals surface area contributed by atoms with Gasteiger partial charge in [0.05, 0.1) is 0 Å². The van der Waals surface area contributed by atoms with E-state index in [1.54, 1.807) is 36.4 Å². The lowest BCUT2D eigenvalue weighted by Crippen LogP contribution is -2.50. The molecule has 0 aromatic heterocycles. The summed E-state index contributed by atoms with van der Waals surface area (Å²) in [4.78, 5) is 34.8. The summed E-state index contributed by atoms with van der Waals surface area (Å²) in [5.41, 5.74) is 6.12. The Hall–Kier alpha value is -3.25. The lowest BCUT2D eigenvalue weighted by molar-refractivity contribution is -0.141. The van der Waals surface area contributed by atoms with Gasteiger partial charge in [0, 0.05) is 6.42 Å². The second-order valence-corrected chi connectivity index (χ2v) is 5.29. The topological polar surface area (TPSA) is 95.5 Å². The number of carboxylic acids is 1. The Bertz CT molecular complexity index is 758. The second kappa shape index (κ2) is 9.14. The molecule has 0 saturated carbocycles. The lowest BCUT2D eigenvalue weighted by Gasteiger charge is -2.14. The fourth-order valence-electron chi connectivity index (χ4n) is 2.08. The molecule has 0 aliphatic rings. The second-order valence-electron chi connectivity index (χ2n) is 5.29. The van der Waals surface area contributed by atoms with Crippen LogP contribution in [-0.4, -0.2) is 28.8 Å². The van der Waals surface area contributed by atoms with Crippen LogP contribution in [0.3, 0.4) is 0 Å². The summed E-state index contributed by atoms with van der Waals surface area (Å²) in [6.07, 6.45) is 2.82. The highest BCUT2D eigenvalue weighted by atomic mass is 16.4. The van der Waals surface area contributed by atoms with E-state index >= 15 is 0 Å². The molecule has 1 atom stereocenters. The molecule has 0 saturated heterocycles. The van der Waals surface area contributed by atoms with E-state index in [2.05, 4.69) is 10.9 Å². The number of rotatable bonds is 8. The van der Waals surface area contributed by atoms with E-state index in [4.69, 9.17) is 0 Å². The van der Waals surface area contributed by atoms with Gasteiger partial charge in [-0.1, -0.05) is 66.7 Å². The van der Waals surface area contributed by atoms with Crippen LogP contribution >= 0.6 is 0 Å². The molecule has 6 heteroatoms. The third-order valence-electron chi connectivity index (χ3n) is 3.39. The fourth-order valence-corrected chi connectivity index (χ4v) is 2.08. The highest BCUT2D eigenvalue weighted by Crippen LogP contribution is 2.03. The van der Waals surface area contributed by atoms with Gasteiger partial charge in [0.2, 0.25) is 5.78 Å². The predicted molar refractivity (Wildman–Crippen MR) is 93.3 cm³/mol. The maximum Gasteiger partial charge on any atom is 0.322 e. The van der Waals surface area contributed by atoms with Crippen molar-refractivity contribution in [3.63, 3.8) is 0 Å². The molecule has 0 aliphatic heterocycles. The van der Waals surface area contributed by atoms with E-state index in [1.807, 2.05) is 24.3 Å². The van der Waals surface area contributed by atoms with Crippen LogP contribution in [0.5, 0.6) is 0 Å². The van der Waals surface area contributed by atoms with Crippen LogP contribution in [0.1, 0.15) is 11.1 Å². The Morgan fingerprint density at radius 2 is 1.56 bits per heavy atom. The zero-order chi connectivity index (χ0) is 18.1. The summed E-state index contributed by atoms with van der Waals surface area (Å²) in [5, 5.41) is 9.23. The third-order valence-corrected chi connectivity index (χ3v) is 3.39. The van der Waals surface area contributed by atoms with Crippen molar-refractivity contribution in [3.8, 4) is 0 Å². The minimum Gasteiger partial charge on any atom is -0.480 e. The molecule has 1 unspecified atom stereocenters. The molecule has 128 valence electrons. The fraction of sp³-hybridized carbons (Fsp3) is 0.105. The number of hydrogen-bond donors (Lipinski definition) is 3. The van der Waals surface area contributed by atoms with Crippen molar-refractivity contribution < 1.29 is 19.5 Å². The van der Waals surface area contributed by atoms with Crippen LogP contribution in [0.25, 0.3) is 6.08 Å². The molecule has 0 heterocycles.